The Kier molecular flexibility index (Phi) is 3.43. The van der Waals surface area contributed by atoms with Crippen LogP contribution in [-0.2, 0) is 6.18 Å². The lowest BCUT2D eigenvalue weighted by Gasteiger charge is -2.17. The maximum atomic E-state index is 13.1. The molecule has 0 heterocycles. The number of hydrogen-bond donors (Lipinski definition) is 0. The van der Waals surface area contributed by atoms with Crippen LogP contribution in [0.3, 0.4) is 0 Å². The quantitative estimate of drug-likeness (QED) is 0.193. The van der Waals surface area contributed by atoms with Crippen LogP contribution in [0.15, 0.2) is 91.0 Å². The van der Waals surface area contributed by atoms with Crippen LogP contribution < -0.4 is 0 Å². The van der Waals surface area contributed by atoms with Gasteiger partial charge < -0.3 is 0 Å². The van der Waals surface area contributed by atoms with Crippen molar-refractivity contribution >= 4 is 43.1 Å². The Hall–Kier alpha value is -3.59. The molecule has 0 amide bonds. The average molecular weight is 396 g/mol. The molecule has 0 aliphatic heterocycles. The highest BCUT2D eigenvalue weighted by Crippen LogP contribution is 2.44. The van der Waals surface area contributed by atoms with Crippen molar-refractivity contribution in [1.82, 2.24) is 0 Å². The summed E-state index contributed by atoms with van der Waals surface area (Å²) in [6.45, 7) is 0. The van der Waals surface area contributed by atoms with Gasteiger partial charge in [-0.05, 0) is 66.3 Å². The molecule has 0 spiro atoms. The van der Waals surface area contributed by atoms with Gasteiger partial charge in [-0.2, -0.15) is 13.2 Å². The molecule has 0 aliphatic carbocycles. The van der Waals surface area contributed by atoms with Gasteiger partial charge in [-0.25, -0.2) is 0 Å². The Labute approximate surface area is 170 Å². The predicted octanol–water partition coefficient (Wildman–Crippen LogP) is 8.42. The van der Waals surface area contributed by atoms with Crippen LogP contribution in [0.1, 0.15) is 5.56 Å². The highest BCUT2D eigenvalue weighted by atomic mass is 19.4. The van der Waals surface area contributed by atoms with Crippen LogP contribution in [0.5, 0.6) is 0 Å². The van der Waals surface area contributed by atoms with E-state index in [2.05, 4.69) is 54.6 Å². The van der Waals surface area contributed by atoms with Crippen molar-refractivity contribution in [2.24, 2.45) is 0 Å². The Morgan fingerprint density at radius 3 is 1.67 bits per heavy atom. The Morgan fingerprint density at radius 1 is 0.467 bits per heavy atom. The minimum atomic E-state index is -4.34. The number of alkyl halides is 3. The summed E-state index contributed by atoms with van der Waals surface area (Å²) < 4.78 is 39.2. The van der Waals surface area contributed by atoms with Crippen molar-refractivity contribution in [2.45, 2.75) is 6.18 Å². The smallest absolute Gasteiger partial charge is 0.166 e. The van der Waals surface area contributed by atoms with E-state index in [-0.39, 0.29) is 0 Å². The minimum Gasteiger partial charge on any atom is -0.166 e. The summed E-state index contributed by atoms with van der Waals surface area (Å²) in [5, 5.41) is 9.22. The molecule has 6 aromatic rings. The van der Waals surface area contributed by atoms with Crippen molar-refractivity contribution < 1.29 is 13.2 Å². The first kappa shape index (κ1) is 17.3. The molecule has 0 unspecified atom stereocenters. The number of halogens is 3. The molecule has 0 saturated heterocycles. The molecule has 0 fully saturated rings. The predicted molar refractivity (Wildman–Crippen MR) is 118 cm³/mol. The van der Waals surface area contributed by atoms with Gasteiger partial charge in [0.25, 0.3) is 0 Å². The van der Waals surface area contributed by atoms with Crippen molar-refractivity contribution in [3.63, 3.8) is 0 Å². The fourth-order valence-corrected chi connectivity index (χ4v) is 4.74. The third kappa shape index (κ3) is 2.35. The van der Waals surface area contributed by atoms with Crippen LogP contribution in [0.4, 0.5) is 13.2 Å². The van der Waals surface area contributed by atoms with Crippen molar-refractivity contribution in [3.8, 4) is 11.1 Å². The molecular weight excluding hydrogens is 381 g/mol. The van der Waals surface area contributed by atoms with E-state index >= 15 is 0 Å². The van der Waals surface area contributed by atoms with Gasteiger partial charge in [-0.3, -0.25) is 0 Å². The molecule has 0 radical (unpaired) electrons. The SMILES string of the molecule is FC(F)(F)c1ccc(-c2ccc3cccc4c5cccc6cccc(c2c34)c65)cc1. The van der Waals surface area contributed by atoms with Crippen LogP contribution in [0.25, 0.3) is 54.2 Å². The fraction of sp³-hybridized carbons (Fsp3) is 0.0370. The molecule has 0 atom stereocenters. The zero-order chi connectivity index (χ0) is 20.5. The van der Waals surface area contributed by atoms with Gasteiger partial charge in [0.1, 0.15) is 0 Å². The molecule has 0 nitrogen and oxygen atoms in total. The molecule has 6 rings (SSSR count). The van der Waals surface area contributed by atoms with E-state index in [9.17, 15) is 13.2 Å². The second-order valence-corrected chi connectivity index (χ2v) is 7.68. The zero-order valence-corrected chi connectivity index (χ0v) is 15.8. The van der Waals surface area contributed by atoms with Crippen LogP contribution in [0, 0.1) is 0 Å². The number of benzene rings is 6. The first-order valence-corrected chi connectivity index (χ1v) is 9.78. The Bertz CT molecular complexity index is 1550. The largest absolute Gasteiger partial charge is 0.416 e. The molecule has 0 bridgehead atoms. The van der Waals surface area contributed by atoms with Crippen LogP contribution in [0.2, 0.25) is 0 Å². The summed E-state index contributed by atoms with van der Waals surface area (Å²) in [5.74, 6) is 0. The topological polar surface area (TPSA) is 0 Å². The number of hydrogen-bond acceptors (Lipinski definition) is 0. The third-order valence-electron chi connectivity index (χ3n) is 6.03. The standard InChI is InChI=1S/C27H15F3/c28-27(29,30)19-13-10-16(11-14-19)20-15-12-18-6-2-8-22-21-7-1-4-17-5-3-9-23(24(17)21)26(20)25(18)22/h1-15H. The summed E-state index contributed by atoms with van der Waals surface area (Å²) in [7, 11) is 0. The molecule has 0 aliphatic rings. The van der Waals surface area contributed by atoms with E-state index in [1.54, 1.807) is 12.1 Å². The van der Waals surface area contributed by atoms with E-state index in [1.165, 1.54) is 16.2 Å². The maximum Gasteiger partial charge on any atom is 0.416 e. The summed E-state index contributed by atoms with van der Waals surface area (Å²) >= 11 is 0. The molecule has 3 heteroatoms. The molecule has 0 N–H and O–H groups in total. The Morgan fingerprint density at radius 2 is 1.03 bits per heavy atom. The van der Waals surface area contributed by atoms with E-state index < -0.39 is 11.7 Å². The van der Waals surface area contributed by atoms with Crippen molar-refractivity contribution in [2.75, 3.05) is 0 Å². The Balaban J connectivity index is 1.79. The van der Waals surface area contributed by atoms with Gasteiger partial charge >= 0.3 is 6.18 Å². The van der Waals surface area contributed by atoms with Gasteiger partial charge in [0.2, 0.25) is 0 Å². The van der Waals surface area contributed by atoms with Crippen LogP contribution in [-0.4, -0.2) is 0 Å². The fourth-order valence-electron chi connectivity index (χ4n) is 4.74. The molecule has 6 aromatic carbocycles. The van der Waals surface area contributed by atoms with E-state index in [0.29, 0.717) is 0 Å². The number of rotatable bonds is 1. The summed E-state index contributed by atoms with van der Waals surface area (Å²) in [6.07, 6.45) is -4.34. The van der Waals surface area contributed by atoms with Gasteiger partial charge in [-0.1, -0.05) is 78.9 Å². The summed E-state index contributed by atoms with van der Waals surface area (Å²) in [6, 6.07) is 28.4. The highest BCUT2D eigenvalue weighted by molar-refractivity contribution is 6.35. The average Bonchev–Trinajstić information content (AvgIpc) is 2.76. The highest BCUT2D eigenvalue weighted by Gasteiger charge is 2.30. The molecular formula is C27H15F3. The summed E-state index contributed by atoms with van der Waals surface area (Å²) in [4.78, 5) is 0. The molecule has 30 heavy (non-hydrogen) atoms. The molecule has 144 valence electrons. The lowest BCUT2D eigenvalue weighted by molar-refractivity contribution is -0.137. The van der Waals surface area contributed by atoms with Crippen molar-refractivity contribution in [1.29, 1.82) is 0 Å². The zero-order valence-electron chi connectivity index (χ0n) is 15.8. The lowest BCUT2D eigenvalue weighted by atomic mass is 9.86. The second kappa shape index (κ2) is 5.96. The molecule has 0 saturated carbocycles. The van der Waals surface area contributed by atoms with E-state index in [1.807, 2.05) is 12.1 Å². The van der Waals surface area contributed by atoms with Crippen molar-refractivity contribution in [3.05, 3.63) is 96.6 Å². The minimum absolute atomic E-state index is 0.631. The summed E-state index contributed by atoms with van der Waals surface area (Å²) in [5.41, 5.74) is 1.10. The van der Waals surface area contributed by atoms with Gasteiger partial charge in [0, 0.05) is 0 Å². The van der Waals surface area contributed by atoms with Gasteiger partial charge in [0.15, 0.2) is 0 Å². The monoisotopic (exact) mass is 396 g/mol. The second-order valence-electron chi connectivity index (χ2n) is 7.68. The van der Waals surface area contributed by atoms with E-state index in [0.717, 1.165) is 50.2 Å². The normalized spacial score (nSPS) is 12.5. The third-order valence-corrected chi connectivity index (χ3v) is 6.03. The maximum absolute atomic E-state index is 13.1. The first-order chi connectivity index (χ1) is 14.5. The van der Waals surface area contributed by atoms with E-state index in [4.69, 9.17) is 0 Å². The molecule has 0 aromatic heterocycles. The van der Waals surface area contributed by atoms with Gasteiger partial charge in [0.05, 0.1) is 5.56 Å². The lowest BCUT2D eigenvalue weighted by Crippen LogP contribution is -2.04. The number of fused-ring (bicyclic) bond motifs is 2. The van der Waals surface area contributed by atoms with Gasteiger partial charge in [-0.15, -0.1) is 0 Å². The first-order valence-electron chi connectivity index (χ1n) is 9.78. The van der Waals surface area contributed by atoms with Crippen LogP contribution >= 0.6 is 0 Å².